The van der Waals surface area contributed by atoms with Crippen LogP contribution in [-0.4, -0.2) is 49.3 Å². The molecule has 0 saturated heterocycles. The van der Waals surface area contributed by atoms with E-state index in [1.54, 1.807) is 0 Å². The van der Waals surface area contributed by atoms with Crippen LogP contribution in [0.4, 0.5) is 0 Å². The van der Waals surface area contributed by atoms with Crippen LogP contribution < -0.4 is 5.73 Å². The smallest absolute Gasteiger partial charge is 0.462 e. The Balaban J connectivity index is 4.28. The van der Waals surface area contributed by atoms with Gasteiger partial charge in [-0.25, -0.2) is 4.57 Å². The zero-order valence-electron chi connectivity index (χ0n) is 33.5. The molecule has 0 heterocycles. The van der Waals surface area contributed by atoms with Crippen LogP contribution in [0.25, 0.3) is 0 Å². The van der Waals surface area contributed by atoms with E-state index in [1.165, 1.54) is 64.2 Å². The summed E-state index contributed by atoms with van der Waals surface area (Å²) < 4.78 is 32.7. The van der Waals surface area contributed by atoms with Gasteiger partial charge in [0.1, 0.15) is 6.61 Å². The molecule has 0 aliphatic rings. The fourth-order valence-corrected chi connectivity index (χ4v) is 6.03. The monoisotopic (exact) mass is 766 g/mol. The van der Waals surface area contributed by atoms with Gasteiger partial charge in [-0.3, -0.25) is 18.6 Å². The van der Waals surface area contributed by atoms with Crippen LogP contribution in [0.5, 0.6) is 0 Å². The van der Waals surface area contributed by atoms with Gasteiger partial charge in [0, 0.05) is 19.4 Å². The first-order valence-electron chi connectivity index (χ1n) is 20.8. The average molecular weight is 766 g/mol. The molecule has 0 fully saturated rings. The molecule has 0 aliphatic carbocycles. The average Bonchev–Trinajstić information content (AvgIpc) is 3.14. The van der Waals surface area contributed by atoms with Gasteiger partial charge in [0.25, 0.3) is 0 Å². The summed E-state index contributed by atoms with van der Waals surface area (Å²) in [5.74, 6) is -0.895. The molecular weight excluding hydrogens is 689 g/mol. The molecule has 0 aromatic rings. The maximum absolute atomic E-state index is 12.5. The fourth-order valence-electron chi connectivity index (χ4n) is 5.27. The second kappa shape index (κ2) is 39.4. The van der Waals surface area contributed by atoms with Crippen LogP contribution in [0.1, 0.15) is 168 Å². The first-order valence-corrected chi connectivity index (χ1v) is 22.3. The predicted molar refractivity (Wildman–Crippen MR) is 219 cm³/mol. The van der Waals surface area contributed by atoms with Crippen molar-refractivity contribution in [1.29, 1.82) is 0 Å². The van der Waals surface area contributed by atoms with Crippen LogP contribution >= 0.6 is 7.82 Å². The van der Waals surface area contributed by atoms with Crippen molar-refractivity contribution < 1.29 is 37.6 Å². The van der Waals surface area contributed by atoms with Crippen LogP contribution in [0.15, 0.2) is 60.8 Å². The van der Waals surface area contributed by atoms with Gasteiger partial charge in [-0.05, 0) is 77.0 Å². The highest BCUT2D eigenvalue weighted by atomic mass is 31.2. The fraction of sp³-hybridized carbons (Fsp3) is 0.721. The largest absolute Gasteiger partial charge is 0.472 e. The zero-order valence-corrected chi connectivity index (χ0v) is 34.4. The lowest BCUT2D eigenvalue weighted by molar-refractivity contribution is -0.161. The molecule has 0 aliphatic heterocycles. The van der Waals surface area contributed by atoms with Crippen molar-refractivity contribution >= 4 is 19.8 Å². The molecule has 9 nitrogen and oxygen atoms in total. The lowest BCUT2D eigenvalue weighted by atomic mass is 10.1. The molecule has 0 aromatic carbocycles. The van der Waals surface area contributed by atoms with E-state index in [0.29, 0.717) is 12.8 Å². The Bertz CT molecular complexity index is 1050. The number of unbranched alkanes of at least 4 members (excludes halogenated alkanes) is 15. The molecule has 1 unspecified atom stereocenters. The lowest BCUT2D eigenvalue weighted by Crippen LogP contribution is -2.29. The molecule has 2 atom stereocenters. The van der Waals surface area contributed by atoms with E-state index >= 15 is 0 Å². The third kappa shape index (κ3) is 39.2. The van der Waals surface area contributed by atoms with Gasteiger partial charge in [0.05, 0.1) is 13.2 Å². The first kappa shape index (κ1) is 50.7. The Morgan fingerprint density at radius 3 is 1.58 bits per heavy atom. The number of esters is 2. The molecule has 0 radical (unpaired) electrons. The summed E-state index contributed by atoms with van der Waals surface area (Å²) in [5.41, 5.74) is 5.34. The molecule has 0 amide bonds. The summed E-state index contributed by atoms with van der Waals surface area (Å²) in [5, 5.41) is 0. The summed E-state index contributed by atoms with van der Waals surface area (Å²) in [7, 11) is -4.39. The molecular formula is C43H76NO8P. The van der Waals surface area contributed by atoms with Gasteiger partial charge >= 0.3 is 19.8 Å². The second-order valence-electron chi connectivity index (χ2n) is 13.5. The van der Waals surface area contributed by atoms with Crippen molar-refractivity contribution in [3.05, 3.63) is 60.8 Å². The van der Waals surface area contributed by atoms with Crippen molar-refractivity contribution in [2.24, 2.45) is 5.73 Å². The first-order chi connectivity index (χ1) is 25.8. The van der Waals surface area contributed by atoms with Gasteiger partial charge in [0.15, 0.2) is 6.10 Å². The molecule has 306 valence electrons. The maximum Gasteiger partial charge on any atom is 0.472 e. The number of ether oxygens (including phenoxy) is 2. The van der Waals surface area contributed by atoms with E-state index in [9.17, 15) is 19.0 Å². The highest BCUT2D eigenvalue weighted by Crippen LogP contribution is 2.43. The van der Waals surface area contributed by atoms with E-state index in [1.807, 2.05) is 0 Å². The van der Waals surface area contributed by atoms with Crippen molar-refractivity contribution in [3.8, 4) is 0 Å². The zero-order chi connectivity index (χ0) is 38.9. The van der Waals surface area contributed by atoms with Crippen LogP contribution in [0.3, 0.4) is 0 Å². The highest BCUT2D eigenvalue weighted by Gasteiger charge is 2.25. The SMILES string of the molecule is CCC/C=C/C/C=C/C/C=C/C/C=C/CCCCCC(=O)OC[C@H](COP(=O)(O)OCCN)OC(=O)CCCC/C=C/CCCCCCCCCCC. The standard InChI is InChI=1S/C43H76NO8P/c1-3-5-7-9-11-13-15-17-19-20-22-23-25-27-29-31-33-35-42(45)49-39-41(40-51-53(47,48)50-38-37-44)52-43(46)36-34-32-30-28-26-24-21-18-16-14-12-10-8-6-4-2/h7,9,13,15,19-20,23,25-26,28,41H,3-6,8,10-12,14,16-18,21-22,24,27,29-40,44H2,1-2H3,(H,47,48)/b9-7+,15-13+,20-19+,25-23+,28-26+/t41-/m1/s1. The van der Waals surface area contributed by atoms with Gasteiger partial charge < -0.3 is 20.1 Å². The minimum Gasteiger partial charge on any atom is -0.462 e. The van der Waals surface area contributed by atoms with E-state index in [4.69, 9.17) is 24.3 Å². The topological polar surface area (TPSA) is 134 Å². The normalized spacial score (nSPS) is 14.0. The quantitative estimate of drug-likeness (QED) is 0.0272. The summed E-state index contributed by atoms with van der Waals surface area (Å²) in [4.78, 5) is 34.8. The third-order valence-corrected chi connectivity index (χ3v) is 9.34. The van der Waals surface area contributed by atoms with Gasteiger partial charge in [-0.1, -0.05) is 139 Å². The van der Waals surface area contributed by atoms with E-state index in [0.717, 1.165) is 64.2 Å². The Morgan fingerprint density at radius 1 is 0.566 bits per heavy atom. The second-order valence-corrected chi connectivity index (χ2v) is 14.9. The molecule has 0 bridgehead atoms. The highest BCUT2D eigenvalue weighted by molar-refractivity contribution is 7.47. The number of phosphoric acid groups is 1. The third-order valence-electron chi connectivity index (χ3n) is 8.36. The molecule has 0 aromatic heterocycles. The van der Waals surface area contributed by atoms with Gasteiger partial charge in [0.2, 0.25) is 0 Å². The number of rotatable bonds is 38. The van der Waals surface area contributed by atoms with Crippen molar-refractivity contribution in [2.75, 3.05) is 26.4 Å². The van der Waals surface area contributed by atoms with Crippen molar-refractivity contribution in [1.82, 2.24) is 0 Å². The number of hydrogen-bond acceptors (Lipinski definition) is 8. The Kier molecular flexibility index (Phi) is 37.7. The summed E-state index contributed by atoms with van der Waals surface area (Å²) in [6.07, 6.45) is 45.4. The number of carbonyl (C=O) groups excluding carboxylic acids is 2. The summed E-state index contributed by atoms with van der Waals surface area (Å²) in [6.45, 7) is 3.59. The number of phosphoric ester groups is 1. The molecule has 53 heavy (non-hydrogen) atoms. The van der Waals surface area contributed by atoms with E-state index < -0.39 is 32.5 Å². The Labute approximate surface area is 323 Å². The molecule has 10 heteroatoms. The lowest BCUT2D eigenvalue weighted by Gasteiger charge is -2.19. The number of allylic oxidation sites excluding steroid dienone is 10. The number of nitrogens with two attached hydrogens (primary N) is 1. The van der Waals surface area contributed by atoms with Crippen molar-refractivity contribution in [3.63, 3.8) is 0 Å². The Hall–Kier alpha value is -2.29. The summed E-state index contributed by atoms with van der Waals surface area (Å²) >= 11 is 0. The minimum absolute atomic E-state index is 0.0435. The predicted octanol–water partition coefficient (Wildman–Crippen LogP) is 11.7. The van der Waals surface area contributed by atoms with E-state index in [-0.39, 0.29) is 32.6 Å². The van der Waals surface area contributed by atoms with Crippen LogP contribution in [0, 0.1) is 0 Å². The van der Waals surface area contributed by atoms with Crippen molar-refractivity contribution in [2.45, 2.75) is 174 Å². The molecule has 0 spiro atoms. The van der Waals surface area contributed by atoms with Gasteiger partial charge in [-0.2, -0.15) is 0 Å². The molecule has 0 saturated carbocycles. The minimum atomic E-state index is -4.39. The molecule has 3 N–H and O–H groups in total. The van der Waals surface area contributed by atoms with E-state index in [2.05, 4.69) is 74.6 Å². The number of carbonyl (C=O) groups is 2. The Morgan fingerprint density at radius 2 is 1.02 bits per heavy atom. The van der Waals surface area contributed by atoms with Gasteiger partial charge in [-0.15, -0.1) is 0 Å². The number of hydrogen-bond donors (Lipinski definition) is 2. The molecule has 0 rings (SSSR count). The maximum atomic E-state index is 12.5. The van der Waals surface area contributed by atoms with Crippen LogP contribution in [-0.2, 0) is 32.7 Å². The van der Waals surface area contributed by atoms with Crippen LogP contribution in [0.2, 0.25) is 0 Å². The summed E-state index contributed by atoms with van der Waals surface area (Å²) in [6, 6.07) is 0.